The summed E-state index contributed by atoms with van der Waals surface area (Å²) in [5.74, 6) is 2.77. The lowest BCUT2D eigenvalue weighted by molar-refractivity contribution is -0.334. The van der Waals surface area contributed by atoms with Gasteiger partial charge in [-0.2, -0.15) is 0 Å². The van der Waals surface area contributed by atoms with Gasteiger partial charge in [0.2, 0.25) is 0 Å². The quantitative estimate of drug-likeness (QED) is 0.550. The van der Waals surface area contributed by atoms with Crippen LogP contribution in [0.1, 0.15) is 67.7 Å². The summed E-state index contributed by atoms with van der Waals surface area (Å²) < 4.78 is 20.4. The fourth-order valence-electron chi connectivity index (χ4n) is 6.73. The molecule has 1 aliphatic heterocycles. The highest BCUT2D eigenvalue weighted by atomic mass is 28.4. The van der Waals surface area contributed by atoms with Crippen LogP contribution in [0.5, 0.6) is 0 Å². The van der Waals surface area contributed by atoms with Gasteiger partial charge in [-0.3, -0.25) is 0 Å². The lowest BCUT2D eigenvalue weighted by Crippen LogP contribution is -2.54. The van der Waals surface area contributed by atoms with Crippen LogP contribution in [0, 0.1) is 35.0 Å². The molecule has 4 aliphatic rings. The molecule has 27 heavy (non-hydrogen) atoms. The average molecular weight is 395 g/mol. The Balaban J connectivity index is 1.64. The molecule has 1 spiro atoms. The van der Waals surface area contributed by atoms with E-state index in [0.29, 0.717) is 17.8 Å². The van der Waals surface area contributed by atoms with Gasteiger partial charge in [0, 0.05) is 17.3 Å². The Bertz CT molecular complexity index is 597. The van der Waals surface area contributed by atoms with Crippen molar-refractivity contribution in [3.05, 3.63) is 0 Å². The van der Waals surface area contributed by atoms with Gasteiger partial charge in [-0.1, -0.05) is 41.5 Å². The number of ether oxygens (including phenoxy) is 2. The van der Waals surface area contributed by atoms with Crippen LogP contribution < -0.4 is 0 Å². The first kappa shape index (κ1) is 20.4. The third kappa shape index (κ3) is 2.84. The highest BCUT2D eigenvalue weighted by molar-refractivity contribution is 6.74. The number of hydrogen-bond acceptors (Lipinski definition) is 3. The van der Waals surface area contributed by atoms with Crippen LogP contribution in [-0.2, 0) is 13.9 Å². The molecule has 0 radical (unpaired) electrons. The van der Waals surface area contributed by atoms with E-state index in [1.54, 1.807) is 0 Å². The Labute approximate surface area is 168 Å². The molecular weight excluding hydrogens is 352 g/mol. The predicted octanol–water partition coefficient (Wildman–Crippen LogP) is 5.85. The van der Waals surface area contributed by atoms with Gasteiger partial charge in [-0.25, -0.2) is 0 Å². The summed E-state index contributed by atoms with van der Waals surface area (Å²) in [6.45, 7) is 22.8. The van der Waals surface area contributed by atoms with Crippen LogP contribution >= 0.6 is 0 Å². The molecule has 3 aliphatic carbocycles. The first-order chi connectivity index (χ1) is 12.2. The Kier molecular flexibility index (Phi) is 4.40. The van der Waals surface area contributed by atoms with Crippen LogP contribution in [0.3, 0.4) is 0 Å². The van der Waals surface area contributed by atoms with Crippen molar-refractivity contribution in [3.8, 4) is 0 Å². The Hall–Kier alpha value is 0.0969. The number of hydrogen-bond donors (Lipinski definition) is 0. The van der Waals surface area contributed by atoms with E-state index in [2.05, 4.69) is 61.6 Å². The van der Waals surface area contributed by atoms with E-state index in [9.17, 15) is 0 Å². The van der Waals surface area contributed by atoms with E-state index in [1.807, 2.05) is 0 Å². The summed E-state index contributed by atoms with van der Waals surface area (Å²) in [5, 5.41) is 0.249. The molecule has 156 valence electrons. The van der Waals surface area contributed by atoms with E-state index in [-0.39, 0.29) is 21.8 Å². The van der Waals surface area contributed by atoms with Crippen molar-refractivity contribution in [2.75, 3.05) is 13.2 Å². The summed E-state index contributed by atoms with van der Waals surface area (Å²) in [4.78, 5) is 0. The van der Waals surface area contributed by atoms with Gasteiger partial charge in [0.1, 0.15) is 0 Å². The van der Waals surface area contributed by atoms with Gasteiger partial charge in [0.15, 0.2) is 14.1 Å². The zero-order chi connectivity index (χ0) is 20.0. The van der Waals surface area contributed by atoms with Gasteiger partial charge in [-0.15, -0.1) is 0 Å². The largest absolute Gasteiger partial charge is 0.411 e. The molecule has 4 rings (SSSR count). The maximum absolute atomic E-state index is 7.16. The van der Waals surface area contributed by atoms with Crippen LogP contribution in [0.25, 0.3) is 0 Å². The van der Waals surface area contributed by atoms with Crippen LogP contribution in [0.15, 0.2) is 0 Å². The summed E-state index contributed by atoms with van der Waals surface area (Å²) in [6, 6.07) is 0. The Morgan fingerprint density at radius 1 is 0.963 bits per heavy atom. The SMILES string of the molecule is C[C@@H]1[C@H]2CC[C@@H]3[C@H]2[C@@H](C[C@@]3(C)O[Si](C)(C)C(C)(C)C)C12OCC(C)(C)CO2. The summed E-state index contributed by atoms with van der Waals surface area (Å²) in [7, 11) is -1.81. The maximum Gasteiger partial charge on any atom is 0.192 e. The third-order valence-electron chi connectivity index (χ3n) is 9.11. The molecule has 4 heteroatoms. The molecule has 0 aromatic rings. The fourth-order valence-corrected chi connectivity index (χ4v) is 8.44. The molecule has 1 saturated heterocycles. The van der Waals surface area contributed by atoms with E-state index in [4.69, 9.17) is 13.9 Å². The normalized spacial score (nSPS) is 45.4. The molecule has 0 amide bonds. The van der Waals surface area contributed by atoms with Gasteiger partial charge in [0.05, 0.1) is 18.8 Å². The summed E-state index contributed by atoms with van der Waals surface area (Å²) >= 11 is 0. The first-order valence-corrected chi connectivity index (χ1v) is 14.1. The van der Waals surface area contributed by atoms with Gasteiger partial charge in [0.25, 0.3) is 0 Å². The second kappa shape index (κ2) is 5.83. The zero-order valence-electron chi connectivity index (χ0n) is 19.1. The van der Waals surface area contributed by atoms with E-state index < -0.39 is 8.32 Å². The lowest BCUT2D eigenvalue weighted by atomic mass is 9.85. The third-order valence-corrected chi connectivity index (χ3v) is 13.7. The fraction of sp³-hybridized carbons (Fsp3) is 1.00. The predicted molar refractivity (Wildman–Crippen MR) is 112 cm³/mol. The molecule has 3 nitrogen and oxygen atoms in total. The Morgan fingerprint density at radius 2 is 1.56 bits per heavy atom. The van der Waals surface area contributed by atoms with E-state index in [0.717, 1.165) is 31.5 Å². The Morgan fingerprint density at radius 3 is 2.11 bits per heavy atom. The monoisotopic (exact) mass is 394 g/mol. The topological polar surface area (TPSA) is 27.7 Å². The van der Waals surface area contributed by atoms with Crippen molar-refractivity contribution < 1.29 is 13.9 Å². The highest BCUT2D eigenvalue weighted by Gasteiger charge is 2.72. The first-order valence-electron chi connectivity index (χ1n) is 11.2. The van der Waals surface area contributed by atoms with Crippen molar-refractivity contribution in [1.29, 1.82) is 0 Å². The van der Waals surface area contributed by atoms with Crippen molar-refractivity contribution in [3.63, 3.8) is 0 Å². The van der Waals surface area contributed by atoms with Gasteiger partial charge >= 0.3 is 0 Å². The van der Waals surface area contributed by atoms with Crippen molar-refractivity contribution >= 4 is 8.32 Å². The zero-order valence-corrected chi connectivity index (χ0v) is 20.1. The van der Waals surface area contributed by atoms with Gasteiger partial charge in [-0.05, 0) is 62.1 Å². The van der Waals surface area contributed by atoms with Crippen LogP contribution in [0.2, 0.25) is 18.1 Å². The number of fused-ring (bicyclic) bond motifs is 1. The minimum atomic E-state index is -1.81. The second-order valence-corrected chi connectivity index (χ2v) is 17.4. The lowest BCUT2D eigenvalue weighted by Gasteiger charge is -2.48. The molecule has 3 saturated carbocycles. The van der Waals surface area contributed by atoms with Gasteiger partial charge < -0.3 is 13.9 Å². The smallest absolute Gasteiger partial charge is 0.192 e. The van der Waals surface area contributed by atoms with Crippen LogP contribution in [0.4, 0.5) is 0 Å². The summed E-state index contributed by atoms with van der Waals surface area (Å²) in [5.41, 5.74) is 0.113. The minimum Gasteiger partial charge on any atom is -0.411 e. The molecule has 0 unspecified atom stereocenters. The highest BCUT2D eigenvalue weighted by Crippen LogP contribution is 2.70. The van der Waals surface area contributed by atoms with E-state index in [1.165, 1.54) is 12.8 Å². The molecule has 6 atom stereocenters. The van der Waals surface area contributed by atoms with Crippen LogP contribution in [-0.4, -0.2) is 32.9 Å². The second-order valence-electron chi connectivity index (χ2n) is 12.7. The number of rotatable bonds is 2. The molecule has 4 fully saturated rings. The minimum absolute atomic E-state index is 0.0140. The van der Waals surface area contributed by atoms with Crippen molar-refractivity contribution in [1.82, 2.24) is 0 Å². The van der Waals surface area contributed by atoms with E-state index >= 15 is 0 Å². The summed E-state index contributed by atoms with van der Waals surface area (Å²) in [6.07, 6.45) is 3.75. The molecule has 0 bridgehead atoms. The molecule has 0 N–H and O–H groups in total. The maximum atomic E-state index is 7.16. The molecule has 1 heterocycles. The standard InChI is InChI=1S/C23H42O3Si/c1-15-16-10-11-17-19(16)18(23(15)24-13-21(5,6)14-25-23)12-22(17,7)26-27(8,9)20(2,3)4/h15-19H,10-14H2,1-9H3/t15-,16-,17-,18-,19+,22-/m1/s1. The molecule has 0 aromatic heterocycles. The molecular formula is C23H42O3Si. The average Bonchev–Trinajstić information content (AvgIpc) is 3.12. The van der Waals surface area contributed by atoms with Crippen molar-refractivity contribution in [2.24, 2.45) is 35.0 Å². The molecule has 0 aromatic carbocycles. The van der Waals surface area contributed by atoms with Crippen molar-refractivity contribution in [2.45, 2.75) is 97.2 Å².